The maximum atomic E-state index is 13.0. The van der Waals surface area contributed by atoms with E-state index in [1.54, 1.807) is 0 Å². The Balaban J connectivity index is 2.12. The minimum absolute atomic E-state index is 0.117. The van der Waals surface area contributed by atoms with E-state index in [-0.39, 0.29) is 49.6 Å². The predicted octanol–water partition coefficient (Wildman–Crippen LogP) is 5.65. The van der Waals surface area contributed by atoms with Crippen molar-refractivity contribution >= 4 is 49.8 Å². The van der Waals surface area contributed by atoms with Gasteiger partial charge in [-0.05, 0) is 30.3 Å². The zero-order valence-electron chi connectivity index (χ0n) is 14.8. The van der Waals surface area contributed by atoms with Gasteiger partial charge in [0.2, 0.25) is 0 Å². The number of nitrogens with two attached hydrogens (primary N) is 1. The van der Waals surface area contributed by atoms with E-state index >= 15 is 0 Å². The Labute approximate surface area is 178 Å². The van der Waals surface area contributed by atoms with E-state index in [2.05, 4.69) is 5.32 Å². The molecule has 164 valence electrons. The van der Waals surface area contributed by atoms with Gasteiger partial charge >= 0.3 is 12.4 Å². The molecule has 0 aliphatic heterocycles. The first kappa shape index (κ1) is 22.7. The van der Waals surface area contributed by atoms with Gasteiger partial charge in [0.25, 0.3) is 11.8 Å². The third kappa shape index (κ3) is 4.39. The number of benzene rings is 2. The monoisotopic (exact) mass is 482 g/mol. The molecular weight excluding hydrogens is 474 g/mol. The van der Waals surface area contributed by atoms with Crippen LogP contribution in [0.2, 0.25) is 5.02 Å². The highest BCUT2D eigenvalue weighted by molar-refractivity contribution is 7.24. The normalized spacial score (nSPS) is 12.2. The number of phenolic OH excluding ortho intramolecular Hbond substituents is 1. The Kier molecular flexibility index (Phi) is 5.57. The molecule has 0 saturated carbocycles. The molecule has 0 atom stereocenters. The lowest BCUT2D eigenvalue weighted by Gasteiger charge is -2.14. The summed E-state index contributed by atoms with van der Waals surface area (Å²) < 4.78 is 78.3. The number of nitrogens with one attached hydrogen (secondary N) is 1. The molecule has 1 heterocycles. The van der Waals surface area contributed by atoms with Crippen LogP contribution in [0.1, 0.15) is 31.8 Å². The number of aromatic hydroxyl groups is 1. The molecule has 2 aromatic carbocycles. The third-order valence-corrected chi connectivity index (χ3v) is 5.73. The van der Waals surface area contributed by atoms with Crippen LogP contribution in [0.5, 0.6) is 5.75 Å². The van der Waals surface area contributed by atoms with Crippen molar-refractivity contribution in [3.05, 3.63) is 57.6 Å². The average Bonchev–Trinajstić information content (AvgIpc) is 3.02. The Morgan fingerprint density at radius 3 is 2.03 bits per heavy atom. The van der Waals surface area contributed by atoms with Gasteiger partial charge in [-0.25, -0.2) is 0 Å². The van der Waals surface area contributed by atoms with Crippen molar-refractivity contribution in [2.45, 2.75) is 12.4 Å². The van der Waals surface area contributed by atoms with Crippen molar-refractivity contribution in [1.82, 2.24) is 0 Å². The molecule has 4 N–H and O–H groups in total. The highest BCUT2D eigenvalue weighted by Gasteiger charge is 2.37. The van der Waals surface area contributed by atoms with Crippen LogP contribution in [0.25, 0.3) is 10.1 Å². The zero-order chi connectivity index (χ0) is 23.3. The lowest BCUT2D eigenvalue weighted by molar-refractivity contribution is -0.143. The molecule has 0 fully saturated rings. The maximum absolute atomic E-state index is 13.0. The van der Waals surface area contributed by atoms with Crippen molar-refractivity contribution in [3.63, 3.8) is 0 Å². The highest BCUT2D eigenvalue weighted by atomic mass is 35.5. The first-order chi connectivity index (χ1) is 14.2. The van der Waals surface area contributed by atoms with Crippen LogP contribution in [-0.4, -0.2) is 16.9 Å². The van der Waals surface area contributed by atoms with Crippen LogP contribution in [0.4, 0.5) is 31.3 Å². The summed E-state index contributed by atoms with van der Waals surface area (Å²) in [4.78, 5) is 24.4. The van der Waals surface area contributed by atoms with Gasteiger partial charge in [0.05, 0.1) is 21.4 Å². The lowest BCUT2D eigenvalue weighted by atomic mass is 10.0. The lowest BCUT2D eigenvalue weighted by Crippen LogP contribution is -2.19. The second-order valence-corrected chi connectivity index (χ2v) is 7.59. The summed E-state index contributed by atoms with van der Waals surface area (Å²) in [6, 6.07) is 2.81. The van der Waals surface area contributed by atoms with Gasteiger partial charge in [-0.3, -0.25) is 9.59 Å². The fourth-order valence-electron chi connectivity index (χ4n) is 2.71. The van der Waals surface area contributed by atoms with Crippen LogP contribution in [-0.2, 0) is 12.4 Å². The highest BCUT2D eigenvalue weighted by Crippen LogP contribution is 2.43. The van der Waals surface area contributed by atoms with E-state index in [1.807, 2.05) is 0 Å². The molecule has 2 amide bonds. The van der Waals surface area contributed by atoms with Gasteiger partial charge in [0.1, 0.15) is 15.8 Å². The summed E-state index contributed by atoms with van der Waals surface area (Å²) in [5.74, 6) is -2.73. The summed E-state index contributed by atoms with van der Waals surface area (Å²) >= 11 is 6.62. The molecular formula is C18H9ClF6N2O3S. The summed E-state index contributed by atoms with van der Waals surface area (Å²) in [5, 5.41) is 11.5. The van der Waals surface area contributed by atoms with E-state index in [9.17, 15) is 41.0 Å². The Hall–Kier alpha value is -2.99. The molecule has 0 radical (unpaired) electrons. The SMILES string of the molecule is NC(=O)c1c(NC(=O)c2cc(C(F)(F)F)cc(C(F)(F)F)c2)sc2c(Cl)c(O)ccc12. The molecule has 5 nitrogen and oxygen atoms in total. The van der Waals surface area contributed by atoms with Crippen LogP contribution in [0, 0.1) is 0 Å². The maximum Gasteiger partial charge on any atom is 0.416 e. The minimum Gasteiger partial charge on any atom is -0.506 e. The van der Waals surface area contributed by atoms with Gasteiger partial charge < -0.3 is 16.2 Å². The Bertz CT molecular complexity index is 1190. The number of anilines is 1. The summed E-state index contributed by atoms with van der Waals surface area (Å²) in [5.41, 5.74) is 0.749. The zero-order valence-corrected chi connectivity index (χ0v) is 16.4. The predicted molar refractivity (Wildman–Crippen MR) is 101 cm³/mol. The number of hydrogen-bond donors (Lipinski definition) is 3. The van der Waals surface area contributed by atoms with Crippen molar-refractivity contribution in [2.24, 2.45) is 5.73 Å². The Morgan fingerprint density at radius 1 is 1.00 bits per heavy atom. The molecule has 13 heteroatoms. The Morgan fingerprint density at radius 2 is 1.55 bits per heavy atom. The number of primary amides is 1. The molecule has 0 spiro atoms. The molecule has 0 unspecified atom stereocenters. The van der Waals surface area contributed by atoms with Crippen molar-refractivity contribution in [3.8, 4) is 5.75 Å². The van der Waals surface area contributed by atoms with Crippen molar-refractivity contribution in [2.75, 3.05) is 5.32 Å². The van der Waals surface area contributed by atoms with Gasteiger partial charge in [0, 0.05) is 10.9 Å². The summed E-state index contributed by atoms with van der Waals surface area (Å²) in [6.45, 7) is 0. The molecule has 3 rings (SSSR count). The number of hydrogen-bond acceptors (Lipinski definition) is 4. The second-order valence-electron chi connectivity index (χ2n) is 6.19. The molecule has 0 saturated heterocycles. The number of amides is 2. The third-order valence-electron chi connectivity index (χ3n) is 4.10. The molecule has 0 bridgehead atoms. The van der Waals surface area contributed by atoms with E-state index in [0.717, 1.165) is 6.07 Å². The summed E-state index contributed by atoms with van der Waals surface area (Å²) in [6.07, 6.45) is -10.3. The fraction of sp³-hybridized carbons (Fsp3) is 0.111. The standard InChI is InChI=1S/C18H9ClF6N2O3S/c19-12-10(28)2-1-9-11(14(26)29)16(31-13(9)12)27-15(30)6-3-7(17(20,21)22)5-8(4-6)18(23,24)25/h1-5,28H,(H2,26,29)(H,27,30). The topological polar surface area (TPSA) is 92.4 Å². The number of halogens is 7. The number of fused-ring (bicyclic) bond motifs is 1. The fourth-order valence-corrected chi connectivity index (χ4v) is 4.13. The quantitative estimate of drug-likeness (QED) is 0.421. The van der Waals surface area contributed by atoms with Gasteiger partial charge in [-0.15, -0.1) is 11.3 Å². The second kappa shape index (κ2) is 7.61. The van der Waals surface area contributed by atoms with Crippen LogP contribution < -0.4 is 11.1 Å². The first-order valence-corrected chi connectivity index (χ1v) is 9.24. The average molecular weight is 483 g/mol. The largest absolute Gasteiger partial charge is 0.506 e. The van der Waals surface area contributed by atoms with Crippen molar-refractivity contribution in [1.29, 1.82) is 0 Å². The minimum atomic E-state index is -5.14. The van der Waals surface area contributed by atoms with Gasteiger partial charge in [0.15, 0.2) is 0 Å². The van der Waals surface area contributed by atoms with E-state index in [1.165, 1.54) is 6.07 Å². The molecule has 3 aromatic rings. The van der Waals surface area contributed by atoms with E-state index < -0.39 is 40.9 Å². The number of carbonyl (C=O) groups excluding carboxylic acids is 2. The van der Waals surface area contributed by atoms with Crippen LogP contribution in [0.3, 0.4) is 0 Å². The summed E-state index contributed by atoms with van der Waals surface area (Å²) in [7, 11) is 0. The molecule has 0 aliphatic rings. The number of alkyl halides is 6. The smallest absolute Gasteiger partial charge is 0.416 e. The number of phenols is 1. The molecule has 0 aliphatic carbocycles. The van der Waals surface area contributed by atoms with Crippen LogP contribution in [0.15, 0.2) is 30.3 Å². The molecule has 1 aromatic heterocycles. The van der Waals surface area contributed by atoms with Gasteiger partial charge in [-0.1, -0.05) is 11.6 Å². The van der Waals surface area contributed by atoms with E-state index in [0.29, 0.717) is 11.3 Å². The van der Waals surface area contributed by atoms with E-state index in [4.69, 9.17) is 17.3 Å². The van der Waals surface area contributed by atoms with Crippen LogP contribution >= 0.6 is 22.9 Å². The first-order valence-electron chi connectivity index (χ1n) is 8.04. The van der Waals surface area contributed by atoms with Crippen molar-refractivity contribution < 1.29 is 41.0 Å². The molecule has 31 heavy (non-hydrogen) atoms. The number of rotatable bonds is 3. The van der Waals surface area contributed by atoms with Gasteiger partial charge in [-0.2, -0.15) is 26.3 Å². The number of carbonyl (C=O) groups is 2. The number of thiophene rings is 1.